The molecule has 1 aromatic heterocycles. The van der Waals surface area contributed by atoms with Crippen LogP contribution in [0.4, 0.5) is 0 Å². The first-order valence-corrected chi connectivity index (χ1v) is 6.72. The summed E-state index contributed by atoms with van der Waals surface area (Å²) in [5.74, 6) is 0.605. The maximum absolute atomic E-state index is 11.8. The molecule has 0 saturated carbocycles. The minimum Gasteiger partial charge on any atom is -0.381 e. The van der Waals surface area contributed by atoms with E-state index in [2.05, 4.69) is 9.97 Å². The normalized spacial score (nSPS) is 18.4. The van der Waals surface area contributed by atoms with E-state index in [1.54, 1.807) is 0 Å². The van der Waals surface area contributed by atoms with Gasteiger partial charge >= 0.3 is 0 Å². The van der Waals surface area contributed by atoms with Gasteiger partial charge in [-0.2, -0.15) is 0 Å². The number of aromatic amines is 1. The van der Waals surface area contributed by atoms with E-state index in [-0.39, 0.29) is 5.56 Å². The molecule has 2 rings (SSSR count). The summed E-state index contributed by atoms with van der Waals surface area (Å²) in [5, 5.41) is 0. The van der Waals surface area contributed by atoms with Crippen molar-refractivity contribution in [3.63, 3.8) is 0 Å². The van der Waals surface area contributed by atoms with E-state index in [1.807, 2.05) is 6.92 Å². The number of nitrogens with two attached hydrogens (primary N) is 1. The number of ether oxygens (including phenoxy) is 2. The van der Waals surface area contributed by atoms with Crippen molar-refractivity contribution in [1.82, 2.24) is 9.97 Å². The molecule has 1 aliphatic rings. The number of rotatable bonds is 5. The molecule has 0 bridgehead atoms. The quantitative estimate of drug-likeness (QED) is 0.801. The lowest BCUT2D eigenvalue weighted by atomic mass is 9.92. The topological polar surface area (TPSA) is 90.2 Å². The van der Waals surface area contributed by atoms with Gasteiger partial charge in [0.1, 0.15) is 11.4 Å². The first-order chi connectivity index (χ1) is 9.20. The second kappa shape index (κ2) is 6.27. The summed E-state index contributed by atoms with van der Waals surface area (Å²) in [4.78, 5) is 19.1. The van der Waals surface area contributed by atoms with E-state index >= 15 is 0 Å². The number of nitrogens with one attached hydrogen (secondary N) is 1. The third-order valence-corrected chi connectivity index (χ3v) is 3.35. The van der Waals surface area contributed by atoms with Gasteiger partial charge in [0.05, 0.1) is 0 Å². The van der Waals surface area contributed by atoms with Crippen LogP contribution in [0.5, 0.6) is 0 Å². The molecule has 19 heavy (non-hydrogen) atoms. The second-order valence-electron chi connectivity index (χ2n) is 4.66. The van der Waals surface area contributed by atoms with Gasteiger partial charge in [-0.3, -0.25) is 4.79 Å². The lowest BCUT2D eigenvalue weighted by molar-refractivity contribution is -0.118. The molecule has 1 aliphatic heterocycles. The minimum absolute atomic E-state index is 0.154. The average Bonchev–Trinajstić information content (AvgIpc) is 2.40. The zero-order valence-electron chi connectivity index (χ0n) is 11.3. The molecule has 106 valence electrons. The Labute approximate surface area is 112 Å². The Morgan fingerprint density at radius 2 is 2.26 bits per heavy atom. The van der Waals surface area contributed by atoms with Gasteiger partial charge in [-0.05, 0) is 13.5 Å². The number of aromatic nitrogens is 2. The van der Waals surface area contributed by atoms with Gasteiger partial charge in [0, 0.05) is 50.8 Å². The zero-order valence-corrected chi connectivity index (χ0v) is 11.3. The zero-order chi connectivity index (χ0) is 13.7. The van der Waals surface area contributed by atoms with Crippen molar-refractivity contribution in [2.45, 2.75) is 31.8 Å². The molecule has 0 atom stereocenters. The first-order valence-electron chi connectivity index (χ1n) is 6.72. The molecule has 1 aromatic rings. The van der Waals surface area contributed by atoms with E-state index < -0.39 is 5.60 Å². The molecular weight excluding hydrogens is 246 g/mol. The van der Waals surface area contributed by atoms with Gasteiger partial charge in [0.15, 0.2) is 0 Å². The fraction of sp³-hybridized carbons (Fsp3) is 0.692. The fourth-order valence-corrected chi connectivity index (χ4v) is 2.43. The van der Waals surface area contributed by atoms with Crippen molar-refractivity contribution in [3.8, 4) is 0 Å². The highest BCUT2D eigenvalue weighted by Gasteiger charge is 2.37. The first kappa shape index (κ1) is 14.2. The van der Waals surface area contributed by atoms with Crippen LogP contribution in [0.1, 0.15) is 31.3 Å². The largest absolute Gasteiger partial charge is 0.381 e. The summed E-state index contributed by atoms with van der Waals surface area (Å²) in [6.07, 6.45) is 2.00. The number of H-pyrrole nitrogens is 1. The Morgan fingerprint density at radius 3 is 2.89 bits per heavy atom. The molecule has 0 unspecified atom stereocenters. The number of hydrogen-bond donors (Lipinski definition) is 2. The summed E-state index contributed by atoms with van der Waals surface area (Å²) in [5.41, 5.74) is 5.56. The Morgan fingerprint density at radius 1 is 1.53 bits per heavy atom. The van der Waals surface area contributed by atoms with Gasteiger partial charge in [-0.25, -0.2) is 4.98 Å². The van der Waals surface area contributed by atoms with E-state index in [0.717, 1.165) is 0 Å². The van der Waals surface area contributed by atoms with Crippen LogP contribution in [0.2, 0.25) is 0 Å². The summed E-state index contributed by atoms with van der Waals surface area (Å²) in [7, 11) is 0. The van der Waals surface area contributed by atoms with Gasteiger partial charge in [0.25, 0.3) is 5.56 Å². The summed E-state index contributed by atoms with van der Waals surface area (Å²) < 4.78 is 11.3. The van der Waals surface area contributed by atoms with Gasteiger partial charge in [-0.15, -0.1) is 0 Å². The lowest BCUT2D eigenvalue weighted by Crippen LogP contribution is -2.40. The van der Waals surface area contributed by atoms with E-state index in [4.69, 9.17) is 15.2 Å². The van der Waals surface area contributed by atoms with Crippen LogP contribution in [-0.4, -0.2) is 36.3 Å². The van der Waals surface area contributed by atoms with Gasteiger partial charge in [-0.1, -0.05) is 0 Å². The number of hydrogen-bond acceptors (Lipinski definition) is 5. The van der Waals surface area contributed by atoms with Crippen molar-refractivity contribution < 1.29 is 9.47 Å². The maximum Gasteiger partial charge on any atom is 0.251 e. The van der Waals surface area contributed by atoms with Crippen molar-refractivity contribution in [1.29, 1.82) is 0 Å². The minimum atomic E-state index is -0.531. The highest BCUT2D eigenvalue weighted by molar-refractivity contribution is 5.10. The standard InChI is InChI=1S/C13H21N3O3/c1-2-19-13(4-7-18-8-5-13)12-15-10(3-6-14)9-11(17)16-12/h9H,2-8,14H2,1H3,(H,15,16,17). The average molecular weight is 267 g/mol. The van der Waals surface area contributed by atoms with Crippen molar-refractivity contribution >= 4 is 0 Å². The molecule has 1 saturated heterocycles. The van der Waals surface area contributed by atoms with Gasteiger partial charge < -0.3 is 20.2 Å². The highest BCUT2D eigenvalue weighted by atomic mass is 16.5. The summed E-state index contributed by atoms with van der Waals surface area (Å²) in [6.45, 7) is 4.22. The smallest absolute Gasteiger partial charge is 0.251 e. The van der Waals surface area contributed by atoms with Crippen molar-refractivity contribution in [3.05, 3.63) is 27.9 Å². The third kappa shape index (κ3) is 3.20. The van der Waals surface area contributed by atoms with Crippen LogP contribution in [0.25, 0.3) is 0 Å². The predicted molar refractivity (Wildman–Crippen MR) is 71.0 cm³/mol. The van der Waals surface area contributed by atoms with E-state index in [9.17, 15) is 4.79 Å². The molecule has 6 heteroatoms. The van der Waals surface area contributed by atoms with Crippen LogP contribution in [0, 0.1) is 0 Å². The van der Waals surface area contributed by atoms with Crippen molar-refractivity contribution in [2.24, 2.45) is 5.73 Å². The summed E-state index contributed by atoms with van der Waals surface area (Å²) in [6, 6.07) is 1.50. The Hall–Kier alpha value is -1.24. The molecule has 0 radical (unpaired) electrons. The van der Waals surface area contributed by atoms with Crippen LogP contribution in [0.15, 0.2) is 10.9 Å². The maximum atomic E-state index is 11.8. The van der Waals surface area contributed by atoms with Crippen LogP contribution in [-0.2, 0) is 21.5 Å². The second-order valence-corrected chi connectivity index (χ2v) is 4.66. The molecular formula is C13H21N3O3. The van der Waals surface area contributed by atoms with Crippen LogP contribution >= 0.6 is 0 Å². The Bertz CT molecular complexity index is 461. The van der Waals surface area contributed by atoms with E-state index in [0.29, 0.717) is 57.1 Å². The molecule has 0 amide bonds. The molecule has 6 nitrogen and oxygen atoms in total. The highest BCUT2D eigenvalue weighted by Crippen LogP contribution is 2.33. The van der Waals surface area contributed by atoms with E-state index in [1.165, 1.54) is 6.07 Å². The fourth-order valence-electron chi connectivity index (χ4n) is 2.43. The molecule has 2 heterocycles. The van der Waals surface area contributed by atoms with Crippen LogP contribution in [0.3, 0.4) is 0 Å². The Kier molecular flexibility index (Phi) is 4.68. The molecule has 1 fully saturated rings. The summed E-state index contributed by atoms with van der Waals surface area (Å²) >= 11 is 0. The molecule has 0 aromatic carbocycles. The van der Waals surface area contributed by atoms with Crippen LogP contribution < -0.4 is 11.3 Å². The van der Waals surface area contributed by atoms with Crippen molar-refractivity contribution in [2.75, 3.05) is 26.4 Å². The lowest BCUT2D eigenvalue weighted by Gasteiger charge is -2.35. The predicted octanol–water partition coefficient (Wildman–Crippen LogP) is 0.313. The molecule has 0 aliphatic carbocycles. The molecule has 0 spiro atoms. The van der Waals surface area contributed by atoms with Gasteiger partial charge in [0.2, 0.25) is 0 Å². The SMILES string of the molecule is CCOC1(c2nc(CCN)cc(=O)[nH]2)CCOCC1. The Balaban J connectivity index is 2.37. The third-order valence-electron chi connectivity index (χ3n) is 3.35. The molecule has 3 N–H and O–H groups in total. The number of nitrogens with zero attached hydrogens (tertiary/aromatic N) is 1. The monoisotopic (exact) mass is 267 g/mol.